The maximum atomic E-state index is 13.2. The maximum Gasteiger partial charge on any atom is 0.229 e. The highest BCUT2D eigenvalue weighted by molar-refractivity contribution is 6.08. The number of benzene rings is 2. The Morgan fingerprint density at radius 3 is 1.84 bits per heavy atom. The highest BCUT2D eigenvalue weighted by Crippen LogP contribution is 2.34. The SMILES string of the molecule is COc1ccc(/C=C/C(=O)c2ccc(O[C@@H]3O[C@H](CO[C@@H]4O[C@@H](C)[C@H](OC)[C@@H](OC)[C@H]4OC)[C@@H](OC)[C@H](OC)[C@H]3OC)cc2OC)cc1OC. The summed E-state index contributed by atoms with van der Waals surface area (Å²) >= 11 is 0. The van der Waals surface area contributed by atoms with Crippen LogP contribution in [0.4, 0.5) is 0 Å². The van der Waals surface area contributed by atoms with Gasteiger partial charge in [0.05, 0.1) is 39.6 Å². The Hall–Kier alpha value is -3.31. The van der Waals surface area contributed by atoms with Crippen molar-refractivity contribution in [3.05, 3.63) is 53.6 Å². The molecule has 50 heavy (non-hydrogen) atoms. The molecule has 2 fully saturated rings. The van der Waals surface area contributed by atoms with Crippen LogP contribution in [0.2, 0.25) is 0 Å². The number of ketones is 1. The number of rotatable bonds is 17. The fourth-order valence-electron chi connectivity index (χ4n) is 6.35. The molecule has 0 aromatic heterocycles. The first-order chi connectivity index (χ1) is 24.2. The van der Waals surface area contributed by atoms with Gasteiger partial charge in [-0.2, -0.15) is 0 Å². The largest absolute Gasteiger partial charge is 0.496 e. The molecular weight excluding hydrogens is 656 g/mol. The second-order valence-electron chi connectivity index (χ2n) is 11.6. The molecule has 14 heteroatoms. The molecular formula is C36H50O14. The van der Waals surface area contributed by atoms with E-state index in [1.807, 2.05) is 13.0 Å². The Bertz CT molecular complexity index is 1400. The minimum atomic E-state index is -0.963. The first-order valence-electron chi connectivity index (χ1n) is 16.1. The monoisotopic (exact) mass is 706 g/mol. The third-order valence-electron chi connectivity index (χ3n) is 8.90. The summed E-state index contributed by atoms with van der Waals surface area (Å²) in [6.07, 6.45) is -2.88. The van der Waals surface area contributed by atoms with Crippen molar-refractivity contribution in [2.75, 3.05) is 70.6 Å². The summed E-state index contributed by atoms with van der Waals surface area (Å²) in [5.41, 5.74) is 1.10. The number of methoxy groups -OCH3 is 9. The van der Waals surface area contributed by atoms with E-state index in [0.717, 1.165) is 5.56 Å². The van der Waals surface area contributed by atoms with Crippen molar-refractivity contribution < 1.29 is 66.4 Å². The summed E-state index contributed by atoms with van der Waals surface area (Å²) in [7, 11) is 14.0. The predicted molar refractivity (Wildman–Crippen MR) is 180 cm³/mol. The van der Waals surface area contributed by atoms with Crippen LogP contribution in [0.3, 0.4) is 0 Å². The van der Waals surface area contributed by atoms with E-state index in [2.05, 4.69) is 0 Å². The van der Waals surface area contributed by atoms with Crippen LogP contribution >= 0.6 is 0 Å². The molecule has 0 amide bonds. The molecule has 0 bridgehead atoms. The number of hydrogen-bond acceptors (Lipinski definition) is 14. The minimum absolute atomic E-state index is 0.0309. The van der Waals surface area contributed by atoms with E-state index in [1.54, 1.807) is 86.2 Å². The number of allylic oxidation sites excluding steroid dienone is 1. The predicted octanol–water partition coefficient (Wildman–Crippen LogP) is 3.56. The van der Waals surface area contributed by atoms with Gasteiger partial charge >= 0.3 is 0 Å². The van der Waals surface area contributed by atoms with Crippen LogP contribution < -0.4 is 18.9 Å². The van der Waals surface area contributed by atoms with Gasteiger partial charge in [0.1, 0.15) is 54.2 Å². The first kappa shape index (κ1) is 39.5. The molecule has 2 aromatic carbocycles. The fourth-order valence-corrected chi connectivity index (χ4v) is 6.35. The van der Waals surface area contributed by atoms with Gasteiger partial charge in [0.2, 0.25) is 6.29 Å². The standard InChI is InChI=1S/C36H50O14/c1-20-29(41-5)31(43-7)33(45-9)35(48-20)47-19-28-30(42-6)32(44-8)34(46-10)36(50-28)49-22-13-14-23(26(18-22)39-3)24(37)15-11-21-12-16-25(38-2)27(17-21)40-4/h11-18,20,28-36H,19H2,1-10H3/b15-11+/t20-,28+,29-,30+,31+,32-,33+,34+,35+,36+/m0/s1. The Balaban J connectivity index is 1.51. The molecule has 10 atom stereocenters. The lowest BCUT2D eigenvalue weighted by atomic mass is 9.97. The summed E-state index contributed by atoms with van der Waals surface area (Å²) < 4.78 is 75.8. The van der Waals surface area contributed by atoms with E-state index < -0.39 is 49.2 Å². The van der Waals surface area contributed by atoms with Crippen molar-refractivity contribution in [3.63, 3.8) is 0 Å². The Morgan fingerprint density at radius 1 is 0.640 bits per heavy atom. The van der Waals surface area contributed by atoms with Crippen LogP contribution in [0.1, 0.15) is 22.8 Å². The Labute approximate surface area is 293 Å². The average Bonchev–Trinajstić information content (AvgIpc) is 3.14. The highest BCUT2D eigenvalue weighted by Gasteiger charge is 2.50. The number of carbonyl (C=O) groups is 1. The topological polar surface area (TPSA) is 137 Å². The van der Waals surface area contributed by atoms with Gasteiger partial charge in [-0.1, -0.05) is 12.1 Å². The van der Waals surface area contributed by atoms with Crippen molar-refractivity contribution >= 4 is 11.9 Å². The number of ether oxygens (including phenoxy) is 13. The van der Waals surface area contributed by atoms with Crippen molar-refractivity contribution in [2.24, 2.45) is 0 Å². The van der Waals surface area contributed by atoms with Gasteiger partial charge in [0.25, 0.3) is 0 Å². The zero-order valence-electron chi connectivity index (χ0n) is 30.3. The van der Waals surface area contributed by atoms with Crippen LogP contribution in [0, 0.1) is 0 Å². The highest BCUT2D eigenvalue weighted by atomic mass is 16.7. The maximum absolute atomic E-state index is 13.2. The molecule has 0 unspecified atom stereocenters. The third kappa shape index (κ3) is 8.76. The molecule has 0 N–H and O–H groups in total. The van der Waals surface area contributed by atoms with Crippen molar-refractivity contribution in [1.82, 2.24) is 0 Å². The van der Waals surface area contributed by atoms with Gasteiger partial charge < -0.3 is 61.6 Å². The van der Waals surface area contributed by atoms with Crippen LogP contribution in [-0.4, -0.2) is 138 Å². The second kappa shape index (κ2) is 18.8. The second-order valence-corrected chi connectivity index (χ2v) is 11.6. The Kier molecular flexibility index (Phi) is 14.8. The van der Waals surface area contributed by atoms with Gasteiger partial charge in [-0.05, 0) is 42.8 Å². The molecule has 0 aliphatic carbocycles. The normalized spacial score (nSPS) is 29.9. The molecule has 0 radical (unpaired) electrons. The van der Waals surface area contributed by atoms with E-state index in [0.29, 0.717) is 28.6 Å². The zero-order chi connectivity index (χ0) is 36.4. The lowest BCUT2D eigenvalue weighted by Crippen LogP contribution is -2.63. The van der Waals surface area contributed by atoms with Gasteiger partial charge in [-0.25, -0.2) is 0 Å². The molecule has 2 saturated heterocycles. The van der Waals surface area contributed by atoms with Crippen LogP contribution in [0.25, 0.3) is 6.08 Å². The summed E-state index contributed by atoms with van der Waals surface area (Å²) in [6.45, 7) is 1.91. The molecule has 2 aliphatic rings. The summed E-state index contributed by atoms with van der Waals surface area (Å²) in [5.74, 6) is 1.55. The van der Waals surface area contributed by atoms with E-state index in [1.165, 1.54) is 20.3 Å². The van der Waals surface area contributed by atoms with E-state index in [9.17, 15) is 4.79 Å². The minimum Gasteiger partial charge on any atom is -0.496 e. The molecule has 2 heterocycles. The summed E-state index contributed by atoms with van der Waals surface area (Å²) in [6, 6.07) is 10.3. The van der Waals surface area contributed by atoms with Crippen LogP contribution in [-0.2, 0) is 42.6 Å². The van der Waals surface area contributed by atoms with E-state index in [4.69, 9.17) is 61.6 Å². The van der Waals surface area contributed by atoms with Gasteiger partial charge in [0, 0.05) is 48.7 Å². The third-order valence-corrected chi connectivity index (χ3v) is 8.90. The number of carbonyl (C=O) groups excluding carboxylic acids is 1. The van der Waals surface area contributed by atoms with Crippen LogP contribution in [0.5, 0.6) is 23.0 Å². The van der Waals surface area contributed by atoms with Crippen molar-refractivity contribution in [3.8, 4) is 23.0 Å². The smallest absolute Gasteiger partial charge is 0.229 e. The quantitative estimate of drug-likeness (QED) is 0.175. The number of hydrogen-bond donors (Lipinski definition) is 0. The molecule has 2 aromatic rings. The Morgan fingerprint density at radius 2 is 1.24 bits per heavy atom. The molecule has 0 saturated carbocycles. The lowest BCUT2D eigenvalue weighted by Gasteiger charge is -2.46. The summed E-state index contributed by atoms with van der Waals surface area (Å²) in [4.78, 5) is 13.2. The summed E-state index contributed by atoms with van der Waals surface area (Å²) in [5, 5.41) is 0. The molecule has 0 spiro atoms. The van der Waals surface area contributed by atoms with Crippen molar-refractivity contribution in [2.45, 2.75) is 68.3 Å². The van der Waals surface area contributed by atoms with Gasteiger partial charge in [-0.3, -0.25) is 4.79 Å². The molecule has 14 nitrogen and oxygen atoms in total. The first-order valence-corrected chi connectivity index (χ1v) is 16.1. The van der Waals surface area contributed by atoms with Crippen LogP contribution in [0.15, 0.2) is 42.5 Å². The average molecular weight is 707 g/mol. The van der Waals surface area contributed by atoms with Gasteiger partial charge in [0.15, 0.2) is 23.6 Å². The molecule has 278 valence electrons. The fraction of sp³-hybridized carbons (Fsp3) is 0.583. The van der Waals surface area contributed by atoms with Crippen molar-refractivity contribution in [1.29, 1.82) is 0 Å². The van der Waals surface area contributed by atoms with E-state index >= 15 is 0 Å². The molecule has 2 aliphatic heterocycles. The zero-order valence-corrected chi connectivity index (χ0v) is 30.3. The molecule has 4 rings (SSSR count). The van der Waals surface area contributed by atoms with Gasteiger partial charge in [-0.15, -0.1) is 0 Å². The lowest BCUT2D eigenvalue weighted by molar-refractivity contribution is -0.329. The van der Waals surface area contributed by atoms with E-state index in [-0.39, 0.29) is 24.6 Å².